The lowest BCUT2D eigenvalue weighted by atomic mass is 10.2. The standard InChI is InChI=1S/C13H13ClN6O/c14-11-3-1-2-10(8-11)9-19(6-7-21)13-5-4-12-15-17-18-20(12)16-13/h1-5,8,21H,6-7,9H2. The second-order valence-electron chi connectivity index (χ2n) is 4.49. The van der Waals surface area contributed by atoms with E-state index in [0.29, 0.717) is 29.6 Å². The Morgan fingerprint density at radius 1 is 1.24 bits per heavy atom. The molecule has 0 fully saturated rings. The molecule has 8 heteroatoms. The van der Waals surface area contributed by atoms with Gasteiger partial charge >= 0.3 is 0 Å². The van der Waals surface area contributed by atoms with Crippen molar-refractivity contribution in [1.29, 1.82) is 0 Å². The first kappa shape index (κ1) is 13.7. The van der Waals surface area contributed by atoms with Crippen molar-refractivity contribution in [3.05, 3.63) is 47.0 Å². The molecule has 2 heterocycles. The van der Waals surface area contributed by atoms with E-state index in [-0.39, 0.29) is 6.61 Å². The maximum atomic E-state index is 9.26. The van der Waals surface area contributed by atoms with Gasteiger partial charge in [0.05, 0.1) is 6.61 Å². The maximum absolute atomic E-state index is 9.26. The molecule has 0 spiro atoms. The number of tetrazole rings is 1. The molecule has 0 unspecified atom stereocenters. The third-order valence-corrected chi connectivity index (χ3v) is 3.25. The summed E-state index contributed by atoms with van der Waals surface area (Å²) in [7, 11) is 0. The van der Waals surface area contributed by atoms with Crippen LogP contribution in [0.3, 0.4) is 0 Å². The number of anilines is 1. The van der Waals surface area contributed by atoms with Crippen LogP contribution in [0.25, 0.3) is 5.65 Å². The smallest absolute Gasteiger partial charge is 0.200 e. The molecule has 2 aromatic heterocycles. The normalized spacial score (nSPS) is 11.0. The van der Waals surface area contributed by atoms with Gasteiger partial charge < -0.3 is 10.0 Å². The van der Waals surface area contributed by atoms with Gasteiger partial charge in [-0.25, -0.2) is 0 Å². The van der Waals surface area contributed by atoms with E-state index in [1.807, 2.05) is 35.2 Å². The van der Waals surface area contributed by atoms with Crippen molar-refractivity contribution in [3.63, 3.8) is 0 Å². The van der Waals surface area contributed by atoms with Crippen molar-refractivity contribution in [2.24, 2.45) is 0 Å². The summed E-state index contributed by atoms with van der Waals surface area (Å²) in [4.78, 5) is 1.94. The molecule has 0 aliphatic heterocycles. The number of nitrogens with zero attached hydrogens (tertiary/aromatic N) is 6. The van der Waals surface area contributed by atoms with Crippen LogP contribution in [0.2, 0.25) is 5.02 Å². The van der Waals surface area contributed by atoms with Crippen molar-refractivity contribution in [3.8, 4) is 0 Å². The molecule has 0 saturated heterocycles. The first-order chi connectivity index (χ1) is 10.3. The van der Waals surface area contributed by atoms with E-state index in [2.05, 4.69) is 20.6 Å². The first-order valence-electron chi connectivity index (χ1n) is 6.42. The van der Waals surface area contributed by atoms with Gasteiger partial charge in [-0.3, -0.25) is 0 Å². The number of rotatable bonds is 5. The minimum atomic E-state index is 0.0237. The van der Waals surface area contributed by atoms with Crippen molar-refractivity contribution >= 4 is 23.1 Å². The minimum Gasteiger partial charge on any atom is -0.395 e. The SMILES string of the molecule is OCCN(Cc1cccc(Cl)c1)c1ccc2nnnn2n1. The molecule has 0 aliphatic carbocycles. The Labute approximate surface area is 125 Å². The molecule has 7 nitrogen and oxygen atoms in total. The van der Waals surface area contributed by atoms with Crippen molar-refractivity contribution in [2.75, 3.05) is 18.1 Å². The summed E-state index contributed by atoms with van der Waals surface area (Å²) in [5, 5.41) is 25.4. The third-order valence-electron chi connectivity index (χ3n) is 3.01. The number of hydrogen-bond donors (Lipinski definition) is 1. The molecular weight excluding hydrogens is 292 g/mol. The molecule has 0 atom stereocenters. The molecule has 3 aromatic rings. The number of fused-ring (bicyclic) bond motifs is 1. The number of aromatic nitrogens is 5. The zero-order valence-corrected chi connectivity index (χ0v) is 11.8. The van der Waals surface area contributed by atoms with Crippen LogP contribution in [-0.4, -0.2) is 43.5 Å². The number of benzene rings is 1. The molecule has 0 radical (unpaired) electrons. The number of hydrogen-bond acceptors (Lipinski definition) is 6. The van der Waals surface area contributed by atoms with Crippen molar-refractivity contribution < 1.29 is 5.11 Å². The van der Waals surface area contributed by atoms with Gasteiger partial charge in [0, 0.05) is 18.1 Å². The van der Waals surface area contributed by atoms with Gasteiger partial charge in [0.15, 0.2) is 11.5 Å². The number of aliphatic hydroxyl groups is 1. The average molecular weight is 305 g/mol. The molecule has 3 rings (SSSR count). The van der Waals surface area contributed by atoms with Crippen LogP contribution in [0.1, 0.15) is 5.56 Å². The fourth-order valence-electron chi connectivity index (χ4n) is 2.06. The first-order valence-corrected chi connectivity index (χ1v) is 6.80. The summed E-state index contributed by atoms with van der Waals surface area (Å²) < 4.78 is 1.36. The molecular formula is C13H13ClN6O. The third kappa shape index (κ3) is 3.09. The maximum Gasteiger partial charge on any atom is 0.200 e. The topological polar surface area (TPSA) is 79.4 Å². The summed E-state index contributed by atoms with van der Waals surface area (Å²) >= 11 is 6.00. The van der Waals surface area contributed by atoms with Gasteiger partial charge in [-0.2, -0.15) is 0 Å². The molecule has 1 aromatic carbocycles. The highest BCUT2D eigenvalue weighted by Gasteiger charge is 2.10. The van der Waals surface area contributed by atoms with E-state index in [1.165, 1.54) is 4.63 Å². The summed E-state index contributed by atoms with van der Waals surface area (Å²) in [5.74, 6) is 0.684. The Hall–Kier alpha value is -2.25. The van der Waals surface area contributed by atoms with Crippen molar-refractivity contribution in [1.82, 2.24) is 25.3 Å². The number of aliphatic hydroxyl groups excluding tert-OH is 1. The van der Waals surface area contributed by atoms with Gasteiger partial charge in [0.1, 0.15) is 0 Å². The number of halogens is 1. The quantitative estimate of drug-likeness (QED) is 0.762. The van der Waals surface area contributed by atoms with Crippen LogP contribution < -0.4 is 4.90 Å². The monoisotopic (exact) mass is 304 g/mol. The summed E-state index contributed by atoms with van der Waals surface area (Å²) in [6.07, 6.45) is 0. The Morgan fingerprint density at radius 2 is 2.14 bits per heavy atom. The van der Waals surface area contributed by atoms with Crippen LogP contribution in [0.4, 0.5) is 5.82 Å². The van der Waals surface area contributed by atoms with Gasteiger partial charge in [-0.15, -0.1) is 14.8 Å². The van der Waals surface area contributed by atoms with Crippen molar-refractivity contribution in [2.45, 2.75) is 6.54 Å². The fraction of sp³-hybridized carbons (Fsp3) is 0.231. The summed E-state index contributed by atoms with van der Waals surface area (Å²) in [5.41, 5.74) is 1.61. The Kier molecular flexibility index (Phi) is 3.94. The second-order valence-corrected chi connectivity index (χ2v) is 4.93. The average Bonchev–Trinajstić information content (AvgIpc) is 2.94. The summed E-state index contributed by atoms with van der Waals surface area (Å²) in [6, 6.07) is 11.2. The minimum absolute atomic E-state index is 0.0237. The van der Waals surface area contributed by atoms with Crippen LogP contribution in [0, 0.1) is 0 Å². The summed E-state index contributed by atoms with van der Waals surface area (Å²) in [6.45, 7) is 1.06. The lowest BCUT2D eigenvalue weighted by Crippen LogP contribution is -2.27. The van der Waals surface area contributed by atoms with Crippen LogP contribution in [0.5, 0.6) is 0 Å². The van der Waals surface area contributed by atoms with E-state index in [1.54, 1.807) is 6.07 Å². The van der Waals surface area contributed by atoms with E-state index in [4.69, 9.17) is 11.6 Å². The van der Waals surface area contributed by atoms with E-state index < -0.39 is 0 Å². The predicted molar refractivity (Wildman–Crippen MR) is 78.2 cm³/mol. The van der Waals surface area contributed by atoms with Crippen LogP contribution in [0.15, 0.2) is 36.4 Å². The highest BCUT2D eigenvalue weighted by Crippen LogP contribution is 2.17. The van der Waals surface area contributed by atoms with E-state index in [9.17, 15) is 5.11 Å². The molecule has 21 heavy (non-hydrogen) atoms. The lowest BCUT2D eigenvalue weighted by Gasteiger charge is -2.22. The molecule has 1 N–H and O–H groups in total. The Morgan fingerprint density at radius 3 is 2.95 bits per heavy atom. The molecule has 0 bridgehead atoms. The van der Waals surface area contributed by atoms with Crippen LogP contribution in [-0.2, 0) is 6.54 Å². The highest BCUT2D eigenvalue weighted by molar-refractivity contribution is 6.30. The molecule has 0 saturated carbocycles. The molecule has 0 amide bonds. The lowest BCUT2D eigenvalue weighted by molar-refractivity contribution is 0.301. The second kappa shape index (κ2) is 6.02. The zero-order valence-electron chi connectivity index (χ0n) is 11.1. The van der Waals surface area contributed by atoms with Gasteiger partial charge in [-0.1, -0.05) is 23.7 Å². The van der Waals surface area contributed by atoms with Crippen LogP contribution >= 0.6 is 11.6 Å². The largest absolute Gasteiger partial charge is 0.395 e. The van der Waals surface area contributed by atoms with E-state index in [0.717, 1.165) is 5.56 Å². The van der Waals surface area contributed by atoms with E-state index >= 15 is 0 Å². The van der Waals surface area contributed by atoms with Gasteiger partial charge in [0.2, 0.25) is 0 Å². The fourth-order valence-corrected chi connectivity index (χ4v) is 2.27. The molecule has 108 valence electrons. The molecule has 0 aliphatic rings. The highest BCUT2D eigenvalue weighted by atomic mass is 35.5. The Balaban J connectivity index is 1.89. The van der Waals surface area contributed by atoms with Gasteiger partial charge in [-0.05, 0) is 40.3 Å². The zero-order chi connectivity index (χ0) is 14.7. The van der Waals surface area contributed by atoms with Gasteiger partial charge in [0.25, 0.3) is 0 Å². The Bertz CT molecular complexity index is 746. The predicted octanol–water partition coefficient (Wildman–Crippen LogP) is 1.17.